The Labute approximate surface area is 212 Å². The van der Waals surface area contributed by atoms with Crippen LogP contribution >= 0.6 is 35.1 Å². The first-order valence-electron chi connectivity index (χ1n) is 10.4. The highest BCUT2D eigenvalue weighted by molar-refractivity contribution is 8.00. The smallest absolute Gasteiger partial charge is 0.161 e. The molecule has 1 heterocycles. The van der Waals surface area contributed by atoms with Gasteiger partial charge in [-0.05, 0) is 54.4 Å². The van der Waals surface area contributed by atoms with Gasteiger partial charge < -0.3 is 23.8 Å². The number of aliphatic hydroxyl groups is 1. The number of rotatable bonds is 8. The van der Waals surface area contributed by atoms with Crippen LogP contribution in [0.3, 0.4) is 0 Å². The molecule has 34 heavy (non-hydrogen) atoms. The number of benzene rings is 3. The number of methoxy groups -OCH3 is 1. The maximum atomic E-state index is 11.3. The molecule has 1 atom stereocenters. The molecule has 4 rings (SSSR count). The summed E-state index contributed by atoms with van der Waals surface area (Å²) in [5.41, 5.74) is 1.94. The zero-order valence-corrected chi connectivity index (χ0v) is 20.8. The number of aromatic nitrogens is 2. The number of anilines is 1. The van der Waals surface area contributed by atoms with Gasteiger partial charge in [-0.2, -0.15) is 0 Å². The molecule has 0 aliphatic carbocycles. The van der Waals surface area contributed by atoms with Crippen LogP contribution in [0.15, 0.2) is 78.0 Å². The Kier molecular flexibility index (Phi) is 7.58. The van der Waals surface area contributed by atoms with E-state index >= 15 is 0 Å². The van der Waals surface area contributed by atoms with E-state index in [1.807, 2.05) is 40.3 Å². The number of aryl methyl sites for hydroxylation is 1. The van der Waals surface area contributed by atoms with Crippen molar-refractivity contribution in [1.82, 2.24) is 9.55 Å². The molecule has 0 radical (unpaired) electrons. The van der Waals surface area contributed by atoms with Crippen molar-refractivity contribution in [2.75, 3.05) is 11.4 Å². The van der Waals surface area contributed by atoms with Gasteiger partial charge in [-0.1, -0.05) is 41.4 Å². The van der Waals surface area contributed by atoms with E-state index in [-0.39, 0.29) is 5.75 Å². The summed E-state index contributed by atoms with van der Waals surface area (Å²) in [6.07, 6.45) is 2.62. The molecule has 0 saturated carbocycles. The summed E-state index contributed by atoms with van der Waals surface area (Å²) in [6, 6.07) is 17.7. The molecule has 0 saturated heterocycles. The average Bonchev–Trinajstić information content (AvgIpc) is 3.24. The Bertz CT molecular complexity index is 1300. The van der Waals surface area contributed by atoms with E-state index in [1.165, 1.54) is 19.1 Å². The number of aromatic hydroxyl groups is 1. The molecule has 6 nitrogen and oxygen atoms in total. The van der Waals surface area contributed by atoms with Crippen LogP contribution in [0.4, 0.5) is 5.69 Å². The van der Waals surface area contributed by atoms with E-state index in [4.69, 9.17) is 27.9 Å². The lowest BCUT2D eigenvalue weighted by Crippen LogP contribution is -2.19. The van der Waals surface area contributed by atoms with Gasteiger partial charge >= 0.3 is 0 Å². The van der Waals surface area contributed by atoms with E-state index in [2.05, 4.69) is 4.98 Å². The van der Waals surface area contributed by atoms with E-state index in [9.17, 15) is 10.2 Å². The summed E-state index contributed by atoms with van der Waals surface area (Å²) in [5, 5.41) is 22.3. The van der Waals surface area contributed by atoms with Crippen molar-refractivity contribution in [1.29, 1.82) is 0 Å². The van der Waals surface area contributed by atoms with Crippen LogP contribution in [0.1, 0.15) is 23.1 Å². The molecule has 0 aliphatic rings. The summed E-state index contributed by atoms with van der Waals surface area (Å²) in [5.74, 6) is 1.25. The second kappa shape index (κ2) is 10.6. The van der Waals surface area contributed by atoms with Gasteiger partial charge in [0.25, 0.3) is 0 Å². The van der Waals surface area contributed by atoms with E-state index in [0.717, 1.165) is 16.4 Å². The van der Waals surface area contributed by atoms with Gasteiger partial charge in [0.1, 0.15) is 11.9 Å². The quantitative estimate of drug-likeness (QED) is 0.271. The monoisotopic (exact) mass is 515 g/mol. The third-order valence-corrected chi connectivity index (χ3v) is 6.92. The molecule has 1 aromatic heterocycles. The maximum absolute atomic E-state index is 11.3. The second-order valence-electron chi connectivity index (χ2n) is 7.54. The number of hydrogen-bond donors (Lipinski definition) is 2. The predicted molar refractivity (Wildman–Crippen MR) is 137 cm³/mol. The number of phenolic OH excluding ortho intramolecular Hbond substituents is 1. The first kappa shape index (κ1) is 24.3. The molecule has 0 fully saturated rings. The Balaban J connectivity index is 1.80. The van der Waals surface area contributed by atoms with E-state index in [0.29, 0.717) is 33.5 Å². The zero-order chi connectivity index (χ0) is 24.2. The largest absolute Gasteiger partial charge is 0.504 e. The third-order valence-electron chi connectivity index (χ3n) is 5.33. The number of hydrogen-bond acceptors (Lipinski definition) is 6. The Morgan fingerprint density at radius 2 is 1.88 bits per heavy atom. The lowest BCUT2D eigenvalue weighted by Gasteiger charge is -2.28. The van der Waals surface area contributed by atoms with Crippen LogP contribution in [0.25, 0.3) is 0 Å². The number of ether oxygens (including phenoxy) is 1. The van der Waals surface area contributed by atoms with Gasteiger partial charge in [-0.25, -0.2) is 4.98 Å². The van der Waals surface area contributed by atoms with Crippen molar-refractivity contribution in [3.8, 4) is 11.5 Å². The molecule has 2 N–H and O–H groups in total. The molecule has 0 spiro atoms. The fourth-order valence-electron chi connectivity index (χ4n) is 3.52. The number of phenols is 1. The standard InChI is InChI=1S/C25H23Cl2N3O3S/c1-29-12-11-28-24(29)15-30(34-17-8-10-22(31)23(14-17)33-2)21-9-7-16(26)13-19(21)25(32)18-5-3-4-6-20(18)27/h3-14,25,31-32H,15H2,1-2H3. The van der Waals surface area contributed by atoms with Crippen LogP contribution in [0.5, 0.6) is 11.5 Å². The first-order chi connectivity index (χ1) is 16.4. The van der Waals surface area contributed by atoms with Crippen LogP contribution in [0.2, 0.25) is 10.0 Å². The molecular weight excluding hydrogens is 493 g/mol. The molecule has 4 aromatic rings. The fraction of sp³-hybridized carbons (Fsp3) is 0.160. The average molecular weight is 516 g/mol. The van der Waals surface area contributed by atoms with Gasteiger partial charge in [0, 0.05) is 45.5 Å². The van der Waals surface area contributed by atoms with Gasteiger partial charge in [-0.3, -0.25) is 0 Å². The zero-order valence-electron chi connectivity index (χ0n) is 18.5. The normalized spacial score (nSPS) is 11.9. The third kappa shape index (κ3) is 5.28. The minimum atomic E-state index is -0.999. The van der Waals surface area contributed by atoms with Crippen molar-refractivity contribution in [2.24, 2.45) is 7.05 Å². The van der Waals surface area contributed by atoms with Crippen molar-refractivity contribution >= 4 is 40.8 Å². The highest BCUT2D eigenvalue weighted by Gasteiger charge is 2.23. The second-order valence-corrected chi connectivity index (χ2v) is 9.48. The molecule has 0 aliphatic heterocycles. The number of nitrogens with zero attached hydrogens (tertiary/aromatic N) is 3. The highest BCUT2D eigenvalue weighted by atomic mass is 35.5. The number of halogens is 2. The van der Waals surface area contributed by atoms with E-state index < -0.39 is 6.10 Å². The van der Waals surface area contributed by atoms with Crippen molar-refractivity contribution in [2.45, 2.75) is 17.5 Å². The predicted octanol–water partition coefficient (Wildman–Crippen LogP) is 6.24. The van der Waals surface area contributed by atoms with Gasteiger partial charge in [0.2, 0.25) is 0 Å². The van der Waals surface area contributed by atoms with Gasteiger partial charge in [-0.15, -0.1) is 0 Å². The fourth-order valence-corrected chi connectivity index (χ4v) is 4.93. The SMILES string of the molecule is COc1cc(SN(Cc2nccn2C)c2ccc(Cl)cc2C(O)c2ccccc2Cl)ccc1O. The molecule has 1 unspecified atom stereocenters. The van der Waals surface area contributed by atoms with Crippen LogP contribution in [-0.4, -0.2) is 26.9 Å². The first-order valence-corrected chi connectivity index (χ1v) is 11.9. The minimum Gasteiger partial charge on any atom is -0.504 e. The maximum Gasteiger partial charge on any atom is 0.161 e. The Morgan fingerprint density at radius 3 is 2.59 bits per heavy atom. The number of imidazole rings is 1. The molecular formula is C25H23Cl2N3O3S. The number of aliphatic hydroxyl groups excluding tert-OH is 1. The minimum absolute atomic E-state index is 0.0591. The summed E-state index contributed by atoms with van der Waals surface area (Å²) < 4.78 is 9.23. The Morgan fingerprint density at radius 1 is 1.09 bits per heavy atom. The highest BCUT2D eigenvalue weighted by Crippen LogP contribution is 2.41. The van der Waals surface area contributed by atoms with Crippen molar-refractivity contribution in [3.63, 3.8) is 0 Å². The van der Waals surface area contributed by atoms with Crippen molar-refractivity contribution < 1.29 is 14.9 Å². The van der Waals surface area contributed by atoms with Crippen LogP contribution in [0, 0.1) is 0 Å². The molecule has 0 amide bonds. The van der Waals surface area contributed by atoms with Crippen LogP contribution in [-0.2, 0) is 13.6 Å². The molecule has 176 valence electrons. The Hall–Kier alpha value is -2.84. The van der Waals surface area contributed by atoms with Crippen molar-refractivity contribution in [3.05, 3.63) is 100 Å². The lowest BCUT2D eigenvalue weighted by molar-refractivity contribution is 0.221. The summed E-state index contributed by atoms with van der Waals surface area (Å²) in [4.78, 5) is 5.30. The van der Waals surface area contributed by atoms with Gasteiger partial charge in [0.05, 0.1) is 19.3 Å². The van der Waals surface area contributed by atoms with E-state index in [1.54, 1.807) is 48.7 Å². The summed E-state index contributed by atoms with van der Waals surface area (Å²) >= 11 is 14.2. The van der Waals surface area contributed by atoms with Gasteiger partial charge in [0.15, 0.2) is 11.5 Å². The lowest BCUT2D eigenvalue weighted by atomic mass is 9.99. The molecule has 3 aromatic carbocycles. The topological polar surface area (TPSA) is 70.8 Å². The summed E-state index contributed by atoms with van der Waals surface area (Å²) in [6.45, 7) is 0.432. The van der Waals surface area contributed by atoms with Crippen LogP contribution < -0.4 is 9.04 Å². The summed E-state index contributed by atoms with van der Waals surface area (Å²) in [7, 11) is 3.43. The molecule has 9 heteroatoms. The molecule has 0 bridgehead atoms.